The molecule has 0 spiro atoms. The molecule has 25 nitrogen and oxygen atoms in total. The molecule has 1 aromatic rings. The maximum absolute atomic E-state index is 14.4. The van der Waals surface area contributed by atoms with Crippen LogP contribution in [0.2, 0.25) is 0 Å². The van der Waals surface area contributed by atoms with E-state index in [-0.39, 0.29) is 114 Å². The Kier molecular flexibility index (Phi) is 32.3. The number of nitrogens with zero attached hydrogens (tertiary/aromatic N) is 6. The number of carbonyl (C=O) groups is 7. The van der Waals surface area contributed by atoms with E-state index in [2.05, 4.69) is 48.5 Å². The Labute approximate surface area is 417 Å². The van der Waals surface area contributed by atoms with Gasteiger partial charge in [0.1, 0.15) is 24.2 Å². The first-order valence-corrected chi connectivity index (χ1v) is 24.9. The number of aliphatic imine (C=N–C) groups is 2. The van der Waals surface area contributed by atoms with Gasteiger partial charge in [-0.15, -0.1) is 0 Å². The molecule has 0 aliphatic carbocycles. The van der Waals surface area contributed by atoms with Crippen molar-refractivity contribution in [3.05, 3.63) is 18.2 Å². The van der Waals surface area contributed by atoms with Gasteiger partial charge in [0.2, 0.25) is 41.4 Å². The molecule has 1 aromatic heterocycles. The highest BCUT2D eigenvalue weighted by atomic mass is 32.1. The summed E-state index contributed by atoms with van der Waals surface area (Å²) in [6.07, 6.45) is 7.78. The third kappa shape index (κ3) is 25.2. The van der Waals surface area contributed by atoms with Crippen molar-refractivity contribution in [3.63, 3.8) is 0 Å². The molecule has 1 heterocycles. The predicted molar refractivity (Wildman–Crippen MR) is 271 cm³/mol. The number of aromatic nitrogens is 2. The van der Waals surface area contributed by atoms with E-state index >= 15 is 0 Å². The molecular weight excluding hydrogens is 927 g/mol. The van der Waals surface area contributed by atoms with Gasteiger partial charge >= 0.3 is 0 Å². The third-order valence-electron chi connectivity index (χ3n) is 11.3. The second kappa shape index (κ2) is 36.2. The molecule has 5 atom stereocenters. The molecule has 0 bridgehead atoms. The molecule has 0 radical (unpaired) electrons. The maximum atomic E-state index is 14.4. The summed E-state index contributed by atoms with van der Waals surface area (Å²) < 4.78 is 0. The summed E-state index contributed by atoms with van der Waals surface area (Å²) in [5, 5.41) is 18.1. The molecule has 398 valence electrons. The fourth-order valence-corrected chi connectivity index (χ4v) is 7.66. The largest absolute Gasteiger partial charge is 0.391 e. The van der Waals surface area contributed by atoms with Gasteiger partial charge in [-0.05, 0) is 64.2 Å². The van der Waals surface area contributed by atoms with E-state index in [1.54, 1.807) is 0 Å². The monoisotopic (exact) mass is 1010 g/mol. The summed E-state index contributed by atoms with van der Waals surface area (Å²) >= 11 is 4.22. The minimum Gasteiger partial charge on any atom is -0.391 e. The molecule has 0 aromatic carbocycles. The Balaban J connectivity index is 3.54. The molecule has 0 saturated heterocycles. The van der Waals surface area contributed by atoms with Crippen LogP contribution >= 0.6 is 12.6 Å². The van der Waals surface area contributed by atoms with Crippen LogP contribution < -0.4 is 56.1 Å². The quantitative estimate of drug-likeness (QED) is 0.0135. The van der Waals surface area contributed by atoms with E-state index in [4.69, 9.17) is 40.1 Å². The SMILES string of the molecule is CCCCC[C@H](C(N)=O)N(CCNC(=O)[C@@H](Cc1cnc[nH]1)N(CCNC(=O)[C@@H](CCCN=C(N)N)N(CCNC(=O)[C@H](N)[C@H](C)O)C(=O)CCS)C(=O)CCCCCN)C(=O)CCCCN=C(N)N. The number of primary amides is 1. The van der Waals surface area contributed by atoms with Crippen LogP contribution in [0.3, 0.4) is 0 Å². The number of rotatable bonds is 39. The number of hydrogen-bond donors (Lipinski definition) is 13. The van der Waals surface area contributed by atoms with Crippen molar-refractivity contribution in [1.29, 1.82) is 0 Å². The number of nitrogens with one attached hydrogen (secondary N) is 4. The maximum Gasteiger partial charge on any atom is 0.243 e. The number of guanidine groups is 2. The first kappa shape index (κ1) is 62.3. The van der Waals surface area contributed by atoms with Gasteiger partial charge in [0, 0.05) is 89.9 Å². The highest BCUT2D eigenvalue weighted by Gasteiger charge is 2.34. The van der Waals surface area contributed by atoms with Crippen LogP contribution in [0.15, 0.2) is 22.5 Å². The Morgan fingerprint density at radius 1 is 0.686 bits per heavy atom. The molecule has 26 heteroatoms. The lowest BCUT2D eigenvalue weighted by Crippen LogP contribution is -2.56. The van der Waals surface area contributed by atoms with Crippen LogP contribution in [0, 0.1) is 0 Å². The summed E-state index contributed by atoms with van der Waals surface area (Å²) in [7, 11) is 0. The van der Waals surface area contributed by atoms with Crippen LogP contribution in [-0.2, 0) is 40.0 Å². The number of amides is 7. The van der Waals surface area contributed by atoms with Crippen molar-refractivity contribution in [1.82, 2.24) is 40.6 Å². The molecular formula is C44H83N17O8S. The lowest BCUT2D eigenvalue weighted by molar-refractivity contribution is -0.142. The van der Waals surface area contributed by atoms with Crippen molar-refractivity contribution in [2.24, 2.45) is 50.1 Å². The standard InChI is InChI=1S/C44H83N17O8S/c1-3-4-6-12-32(39(47)66)59(35(63)15-8-10-18-56-43(48)49)23-20-54-41(68)34(27-31-28-52-29-58-31)61(36(64)14-7-5-9-17-45)25-21-53-40(67)33(13-11-19-57-44(50)51)60(37(65)16-26-70)24-22-55-42(69)38(46)30(2)62/h28-30,32-34,38,62,70H,3-27,45-46H2,1-2H3,(H2,47,66)(H,52,58)(H,53,67)(H,54,68)(H,55,69)(H4,48,49,56)(H4,50,51,57)/t30-,32+,33+,34+,38+/m0/s1. The summed E-state index contributed by atoms with van der Waals surface area (Å²) in [5.41, 5.74) is 39.8. The number of H-pyrrole nitrogens is 1. The van der Waals surface area contributed by atoms with Crippen molar-refractivity contribution < 1.29 is 38.7 Å². The minimum atomic E-state index is -1.22. The molecule has 0 unspecified atom stereocenters. The lowest BCUT2D eigenvalue weighted by Gasteiger charge is -2.34. The second-order valence-corrected chi connectivity index (χ2v) is 17.4. The van der Waals surface area contributed by atoms with Crippen molar-refractivity contribution in [2.75, 3.05) is 64.7 Å². The highest BCUT2D eigenvalue weighted by Crippen LogP contribution is 2.16. The molecule has 0 aliphatic heterocycles. The normalized spacial score (nSPS) is 13.1. The Morgan fingerprint density at radius 3 is 1.69 bits per heavy atom. The zero-order valence-corrected chi connectivity index (χ0v) is 42.1. The highest BCUT2D eigenvalue weighted by molar-refractivity contribution is 7.80. The number of aliphatic hydroxyl groups is 1. The number of nitrogens with two attached hydrogens (primary N) is 7. The van der Waals surface area contributed by atoms with Gasteiger partial charge in [0.05, 0.1) is 12.4 Å². The Hall–Kier alpha value is -5.73. The van der Waals surface area contributed by atoms with E-state index in [9.17, 15) is 38.7 Å². The molecule has 1 rings (SSSR count). The number of carbonyl (C=O) groups excluding carboxylic acids is 7. The number of imidazole rings is 1. The molecule has 19 N–H and O–H groups in total. The molecule has 70 heavy (non-hydrogen) atoms. The molecule has 7 amide bonds. The van der Waals surface area contributed by atoms with Crippen LogP contribution in [0.1, 0.15) is 109 Å². The summed E-state index contributed by atoms with van der Waals surface area (Å²) in [5.74, 6) is -3.66. The zero-order chi connectivity index (χ0) is 52.4. The van der Waals surface area contributed by atoms with Crippen LogP contribution in [-0.4, -0.2) is 178 Å². The van der Waals surface area contributed by atoms with E-state index in [0.29, 0.717) is 63.7 Å². The van der Waals surface area contributed by atoms with Gasteiger partial charge in [-0.25, -0.2) is 4.98 Å². The number of unbranched alkanes of at least 4 members (excludes halogenated alkanes) is 5. The summed E-state index contributed by atoms with van der Waals surface area (Å²) in [4.78, 5) is 115. The zero-order valence-electron chi connectivity index (χ0n) is 41.2. The van der Waals surface area contributed by atoms with Gasteiger partial charge in [-0.2, -0.15) is 12.6 Å². The number of aromatic amines is 1. The fraction of sp³-hybridized carbons (Fsp3) is 0.727. The Morgan fingerprint density at radius 2 is 1.19 bits per heavy atom. The van der Waals surface area contributed by atoms with Crippen molar-refractivity contribution >= 4 is 65.9 Å². The van der Waals surface area contributed by atoms with Crippen molar-refractivity contribution in [3.8, 4) is 0 Å². The predicted octanol–water partition coefficient (Wildman–Crippen LogP) is -3.00. The second-order valence-electron chi connectivity index (χ2n) is 16.9. The third-order valence-corrected chi connectivity index (χ3v) is 11.5. The van der Waals surface area contributed by atoms with E-state index in [1.807, 2.05) is 6.92 Å². The van der Waals surface area contributed by atoms with Gasteiger partial charge < -0.3 is 80.9 Å². The summed E-state index contributed by atoms with van der Waals surface area (Å²) in [6, 6.07) is -4.38. The average molecular weight is 1010 g/mol. The van der Waals surface area contributed by atoms with E-state index in [0.717, 1.165) is 12.8 Å². The van der Waals surface area contributed by atoms with Gasteiger partial charge in [0.25, 0.3) is 0 Å². The lowest BCUT2D eigenvalue weighted by atomic mass is 10.0. The van der Waals surface area contributed by atoms with Crippen molar-refractivity contribution in [2.45, 2.75) is 140 Å². The number of aliphatic hydroxyl groups excluding tert-OH is 1. The Bertz CT molecular complexity index is 1780. The van der Waals surface area contributed by atoms with Crippen LogP contribution in [0.5, 0.6) is 0 Å². The van der Waals surface area contributed by atoms with Gasteiger partial charge in [-0.3, -0.25) is 43.5 Å². The van der Waals surface area contributed by atoms with Gasteiger partial charge in [-0.1, -0.05) is 32.6 Å². The smallest absolute Gasteiger partial charge is 0.243 e. The van der Waals surface area contributed by atoms with E-state index < -0.39 is 59.8 Å². The fourth-order valence-electron chi connectivity index (χ4n) is 7.46. The first-order chi connectivity index (χ1) is 33.4. The minimum absolute atomic E-state index is 0.00243. The van der Waals surface area contributed by atoms with Gasteiger partial charge in [0.15, 0.2) is 11.9 Å². The summed E-state index contributed by atoms with van der Waals surface area (Å²) in [6.45, 7) is 3.65. The molecule has 0 aliphatic rings. The van der Waals surface area contributed by atoms with Crippen LogP contribution in [0.25, 0.3) is 0 Å². The molecule has 0 saturated carbocycles. The average Bonchev–Trinajstić information content (AvgIpc) is 3.83. The van der Waals surface area contributed by atoms with Crippen LogP contribution in [0.4, 0.5) is 0 Å². The number of hydrogen-bond acceptors (Lipinski definition) is 14. The number of thiol groups is 1. The molecule has 0 fully saturated rings. The topological polar surface area (TPSA) is 421 Å². The first-order valence-electron chi connectivity index (χ1n) is 24.2. The van der Waals surface area contributed by atoms with E-state index in [1.165, 1.54) is 34.1 Å².